The fraction of sp³-hybridized carbons (Fsp3) is 0.917. The first-order valence-electron chi connectivity index (χ1n) is 6.38. The Labute approximate surface area is 109 Å². The summed E-state index contributed by atoms with van der Waals surface area (Å²) in [5, 5.41) is 0. The lowest BCUT2D eigenvalue weighted by Gasteiger charge is -2.39. The number of hydrogen-bond donors (Lipinski definition) is 1. The first kappa shape index (κ1) is 14.7. The van der Waals surface area contributed by atoms with Crippen LogP contribution in [0.2, 0.25) is 0 Å². The van der Waals surface area contributed by atoms with Gasteiger partial charge in [0.2, 0.25) is 0 Å². The highest BCUT2D eigenvalue weighted by molar-refractivity contribution is 5.85. The van der Waals surface area contributed by atoms with Gasteiger partial charge in [0, 0.05) is 25.2 Å². The summed E-state index contributed by atoms with van der Waals surface area (Å²) < 4.78 is 5.46. The molecule has 1 amide bonds. The van der Waals surface area contributed by atoms with Gasteiger partial charge in [-0.1, -0.05) is 0 Å². The van der Waals surface area contributed by atoms with Crippen LogP contribution in [0.25, 0.3) is 0 Å². The first-order chi connectivity index (χ1) is 7.70. The highest BCUT2D eigenvalue weighted by Gasteiger charge is 2.34. The highest BCUT2D eigenvalue weighted by Crippen LogP contribution is 2.23. The van der Waals surface area contributed by atoms with E-state index in [1.165, 1.54) is 6.42 Å². The van der Waals surface area contributed by atoms with E-state index in [0.717, 1.165) is 38.8 Å². The van der Waals surface area contributed by atoms with Crippen LogP contribution in [0.5, 0.6) is 0 Å². The molecule has 100 valence electrons. The molecule has 3 atom stereocenters. The zero-order valence-corrected chi connectivity index (χ0v) is 11.2. The first-order valence-corrected chi connectivity index (χ1v) is 6.38. The molecule has 0 bridgehead atoms. The Balaban J connectivity index is 0.00000144. The zero-order chi connectivity index (χ0) is 11.5. The van der Waals surface area contributed by atoms with Crippen molar-refractivity contribution in [2.45, 2.75) is 57.2 Å². The maximum absolute atomic E-state index is 12.3. The maximum Gasteiger partial charge on any atom is 0.252 e. The molecule has 0 saturated carbocycles. The van der Waals surface area contributed by atoms with Gasteiger partial charge in [-0.05, 0) is 39.0 Å². The topological polar surface area (TPSA) is 55.6 Å². The molecule has 0 aromatic rings. The van der Waals surface area contributed by atoms with Crippen molar-refractivity contribution in [3.8, 4) is 0 Å². The summed E-state index contributed by atoms with van der Waals surface area (Å²) in [5.41, 5.74) is 5.96. The largest absolute Gasteiger partial charge is 0.368 e. The number of nitrogens with zero attached hydrogens (tertiary/aromatic N) is 1. The third kappa shape index (κ3) is 3.33. The van der Waals surface area contributed by atoms with Crippen molar-refractivity contribution < 1.29 is 9.53 Å². The van der Waals surface area contributed by atoms with E-state index in [0.29, 0.717) is 0 Å². The Morgan fingerprint density at radius 2 is 2.12 bits per heavy atom. The van der Waals surface area contributed by atoms with Crippen LogP contribution in [0.3, 0.4) is 0 Å². The van der Waals surface area contributed by atoms with Crippen LogP contribution in [0.4, 0.5) is 0 Å². The predicted molar refractivity (Wildman–Crippen MR) is 69.2 cm³/mol. The van der Waals surface area contributed by atoms with Crippen molar-refractivity contribution in [1.29, 1.82) is 0 Å². The number of piperidine rings is 1. The van der Waals surface area contributed by atoms with E-state index in [-0.39, 0.29) is 36.5 Å². The molecular formula is C12H23ClN2O2. The molecule has 0 aromatic carbocycles. The molecule has 3 unspecified atom stereocenters. The summed E-state index contributed by atoms with van der Waals surface area (Å²) >= 11 is 0. The molecule has 2 rings (SSSR count). The van der Waals surface area contributed by atoms with Gasteiger partial charge in [0.05, 0.1) is 0 Å². The number of carbonyl (C=O) groups is 1. The van der Waals surface area contributed by atoms with Crippen LogP contribution >= 0.6 is 12.4 Å². The van der Waals surface area contributed by atoms with Gasteiger partial charge in [0.25, 0.3) is 5.91 Å². The Hall–Kier alpha value is -0.320. The second-order valence-corrected chi connectivity index (χ2v) is 4.96. The number of ether oxygens (including phenoxy) is 1. The summed E-state index contributed by atoms with van der Waals surface area (Å²) in [6.07, 6.45) is 5.01. The van der Waals surface area contributed by atoms with Gasteiger partial charge >= 0.3 is 0 Å². The summed E-state index contributed by atoms with van der Waals surface area (Å²) in [7, 11) is 0. The van der Waals surface area contributed by atoms with Crippen LogP contribution in [-0.2, 0) is 9.53 Å². The van der Waals surface area contributed by atoms with Crippen molar-refractivity contribution in [1.82, 2.24) is 4.90 Å². The smallest absolute Gasteiger partial charge is 0.252 e. The molecule has 0 aromatic heterocycles. The summed E-state index contributed by atoms with van der Waals surface area (Å²) in [6.45, 7) is 3.57. The van der Waals surface area contributed by atoms with Gasteiger partial charge in [-0.15, -0.1) is 12.4 Å². The van der Waals surface area contributed by atoms with Crippen LogP contribution in [-0.4, -0.2) is 42.1 Å². The molecule has 4 nitrogen and oxygen atoms in total. The van der Waals surface area contributed by atoms with Gasteiger partial charge in [-0.3, -0.25) is 4.79 Å². The molecule has 2 aliphatic rings. The lowest BCUT2D eigenvalue weighted by Crippen LogP contribution is -2.54. The van der Waals surface area contributed by atoms with E-state index in [2.05, 4.69) is 0 Å². The summed E-state index contributed by atoms with van der Waals surface area (Å²) in [4.78, 5) is 14.2. The zero-order valence-electron chi connectivity index (χ0n) is 10.4. The van der Waals surface area contributed by atoms with Gasteiger partial charge in [-0.2, -0.15) is 0 Å². The standard InChI is InChI=1S/C12H22N2O2.ClH/c1-9(13)10-5-2-3-7-14(10)12(15)11-6-4-8-16-11;/h9-11H,2-8,13H2,1H3;1H. The molecule has 2 fully saturated rings. The molecule has 17 heavy (non-hydrogen) atoms. The molecule has 2 saturated heterocycles. The van der Waals surface area contributed by atoms with Gasteiger partial charge in [0.15, 0.2) is 0 Å². The van der Waals surface area contributed by atoms with Gasteiger partial charge in [-0.25, -0.2) is 0 Å². The van der Waals surface area contributed by atoms with E-state index < -0.39 is 0 Å². The Morgan fingerprint density at radius 1 is 1.35 bits per heavy atom. The Bertz CT molecular complexity index is 255. The second-order valence-electron chi connectivity index (χ2n) is 4.96. The van der Waals surface area contributed by atoms with E-state index in [4.69, 9.17) is 10.5 Å². The predicted octanol–water partition coefficient (Wildman–Crippen LogP) is 1.32. The van der Waals surface area contributed by atoms with Crippen LogP contribution in [0, 0.1) is 0 Å². The SMILES string of the molecule is CC(N)C1CCCCN1C(=O)C1CCCO1.Cl. The number of likely N-dealkylation sites (tertiary alicyclic amines) is 1. The van der Waals surface area contributed by atoms with Gasteiger partial charge in [0.1, 0.15) is 6.10 Å². The molecular weight excluding hydrogens is 240 g/mol. The highest BCUT2D eigenvalue weighted by atomic mass is 35.5. The van der Waals surface area contributed by atoms with E-state index in [1.54, 1.807) is 0 Å². The minimum absolute atomic E-state index is 0. The van der Waals surface area contributed by atoms with E-state index in [1.807, 2.05) is 11.8 Å². The molecule has 0 spiro atoms. The average molecular weight is 263 g/mol. The van der Waals surface area contributed by atoms with Gasteiger partial charge < -0.3 is 15.4 Å². The Kier molecular flexibility index (Phi) is 5.70. The fourth-order valence-corrected chi connectivity index (χ4v) is 2.74. The number of carbonyl (C=O) groups excluding carboxylic acids is 1. The van der Waals surface area contributed by atoms with Crippen molar-refractivity contribution in [3.05, 3.63) is 0 Å². The lowest BCUT2D eigenvalue weighted by molar-refractivity contribution is -0.145. The maximum atomic E-state index is 12.3. The number of amides is 1. The fourth-order valence-electron chi connectivity index (χ4n) is 2.74. The molecule has 0 radical (unpaired) electrons. The van der Waals surface area contributed by atoms with E-state index in [9.17, 15) is 4.79 Å². The van der Waals surface area contributed by atoms with Crippen molar-refractivity contribution >= 4 is 18.3 Å². The molecule has 2 heterocycles. The monoisotopic (exact) mass is 262 g/mol. The number of nitrogens with two attached hydrogens (primary N) is 1. The van der Waals surface area contributed by atoms with Crippen LogP contribution < -0.4 is 5.73 Å². The number of halogens is 1. The van der Waals surface area contributed by atoms with E-state index >= 15 is 0 Å². The molecule has 2 aliphatic heterocycles. The van der Waals surface area contributed by atoms with Crippen LogP contribution in [0.15, 0.2) is 0 Å². The minimum atomic E-state index is -0.195. The lowest BCUT2D eigenvalue weighted by atomic mass is 9.96. The number of hydrogen-bond acceptors (Lipinski definition) is 3. The quantitative estimate of drug-likeness (QED) is 0.817. The van der Waals surface area contributed by atoms with Crippen molar-refractivity contribution in [2.24, 2.45) is 5.73 Å². The second kappa shape index (κ2) is 6.57. The molecule has 0 aliphatic carbocycles. The third-order valence-electron chi connectivity index (χ3n) is 3.64. The molecule has 2 N–H and O–H groups in total. The van der Waals surface area contributed by atoms with Crippen molar-refractivity contribution in [2.75, 3.05) is 13.2 Å². The molecule has 5 heteroatoms. The van der Waals surface area contributed by atoms with Crippen molar-refractivity contribution in [3.63, 3.8) is 0 Å². The summed E-state index contributed by atoms with van der Waals surface area (Å²) in [5.74, 6) is 0.166. The average Bonchev–Trinajstić information content (AvgIpc) is 2.81. The summed E-state index contributed by atoms with van der Waals surface area (Å²) in [6, 6.07) is 0.274. The Morgan fingerprint density at radius 3 is 2.71 bits per heavy atom. The minimum Gasteiger partial charge on any atom is -0.368 e. The normalized spacial score (nSPS) is 30.8. The number of rotatable bonds is 2. The third-order valence-corrected chi connectivity index (χ3v) is 3.64. The van der Waals surface area contributed by atoms with Crippen LogP contribution in [0.1, 0.15) is 39.0 Å².